The average Bonchev–Trinajstić information content (AvgIpc) is 2.11. The summed E-state index contributed by atoms with van der Waals surface area (Å²) in [5.74, 6) is 0. The molecular weight excluding hydrogens is 162 g/mol. The third-order valence-corrected chi connectivity index (χ3v) is 1.66. The van der Waals surface area contributed by atoms with Crippen LogP contribution in [0.1, 0.15) is 6.92 Å². The van der Waals surface area contributed by atoms with Crippen LogP contribution >= 0.6 is 0 Å². The molecule has 5 nitrogen and oxygen atoms in total. The molecule has 0 spiro atoms. The Bertz CT molecular complexity index is 112. The number of rotatable bonds is 6. The quantitative estimate of drug-likeness (QED) is 0.315. The van der Waals surface area contributed by atoms with E-state index in [1.165, 1.54) is 0 Å². The monoisotopic (exact) mass is 179 g/mol. The Hall–Kier alpha value is -0.200. The lowest BCUT2D eigenvalue weighted by Gasteiger charge is -2.24. The van der Waals surface area contributed by atoms with Crippen molar-refractivity contribution in [1.29, 1.82) is 0 Å². The molecule has 0 aromatic heterocycles. The molecule has 0 saturated heterocycles. The van der Waals surface area contributed by atoms with Crippen LogP contribution in [0.15, 0.2) is 0 Å². The molecule has 0 aliphatic rings. The second kappa shape index (κ2) is 6.33. The van der Waals surface area contributed by atoms with Crippen LogP contribution < -0.4 is 5.32 Å². The molecule has 2 unspecified atom stereocenters. The lowest BCUT2D eigenvalue weighted by molar-refractivity contribution is -0.0406. The minimum Gasteiger partial charge on any atom is -0.395 e. The van der Waals surface area contributed by atoms with E-state index in [0.29, 0.717) is 6.54 Å². The maximum Gasteiger partial charge on any atom is 0.104 e. The van der Waals surface area contributed by atoms with Gasteiger partial charge >= 0.3 is 0 Å². The molecule has 0 radical (unpaired) electrons. The van der Waals surface area contributed by atoms with Crippen LogP contribution in [-0.2, 0) is 0 Å². The second-order valence-electron chi connectivity index (χ2n) is 2.59. The van der Waals surface area contributed by atoms with Crippen LogP contribution in [0.2, 0.25) is 0 Å². The predicted octanol–water partition coefficient (Wildman–Crippen LogP) is -2.33. The topological polar surface area (TPSA) is 93.0 Å². The SMILES string of the molecule is CCNC(CO)[C@@H](O)C(O)CO. The second-order valence-corrected chi connectivity index (χ2v) is 2.59. The Kier molecular flexibility index (Phi) is 6.23. The third kappa shape index (κ3) is 3.46. The van der Waals surface area contributed by atoms with Gasteiger partial charge in [-0.3, -0.25) is 0 Å². The van der Waals surface area contributed by atoms with E-state index in [2.05, 4.69) is 5.32 Å². The first-order valence-corrected chi connectivity index (χ1v) is 3.98. The van der Waals surface area contributed by atoms with Crippen LogP contribution in [0.5, 0.6) is 0 Å². The molecule has 0 saturated carbocycles. The van der Waals surface area contributed by atoms with Gasteiger partial charge in [0.05, 0.1) is 25.4 Å². The fraction of sp³-hybridized carbons (Fsp3) is 1.00. The zero-order valence-electron chi connectivity index (χ0n) is 7.14. The van der Waals surface area contributed by atoms with Gasteiger partial charge in [-0.2, -0.15) is 0 Å². The highest BCUT2D eigenvalue weighted by atomic mass is 16.4. The number of hydrogen-bond acceptors (Lipinski definition) is 5. The Morgan fingerprint density at radius 1 is 1.17 bits per heavy atom. The van der Waals surface area contributed by atoms with Crippen molar-refractivity contribution in [3.63, 3.8) is 0 Å². The van der Waals surface area contributed by atoms with Crippen molar-refractivity contribution in [2.24, 2.45) is 0 Å². The van der Waals surface area contributed by atoms with Crippen LogP contribution in [0.3, 0.4) is 0 Å². The van der Waals surface area contributed by atoms with Crippen molar-refractivity contribution in [3.8, 4) is 0 Å². The highest BCUT2D eigenvalue weighted by Crippen LogP contribution is 1.98. The van der Waals surface area contributed by atoms with Crippen LogP contribution in [-0.4, -0.2) is 58.4 Å². The Labute approximate surface area is 71.7 Å². The molecule has 0 aliphatic heterocycles. The smallest absolute Gasteiger partial charge is 0.104 e. The molecule has 0 aromatic rings. The Balaban J connectivity index is 3.91. The summed E-state index contributed by atoms with van der Waals surface area (Å²) in [6, 6.07) is -0.586. The van der Waals surface area contributed by atoms with Crippen LogP contribution in [0.4, 0.5) is 0 Å². The van der Waals surface area contributed by atoms with Gasteiger partial charge in [-0.25, -0.2) is 0 Å². The Morgan fingerprint density at radius 3 is 2.08 bits per heavy atom. The van der Waals surface area contributed by atoms with E-state index in [0.717, 1.165) is 0 Å². The molecule has 5 heteroatoms. The summed E-state index contributed by atoms with van der Waals surface area (Å²) in [4.78, 5) is 0. The van der Waals surface area contributed by atoms with Crippen LogP contribution in [0.25, 0.3) is 0 Å². The van der Waals surface area contributed by atoms with Gasteiger partial charge in [0.15, 0.2) is 0 Å². The van der Waals surface area contributed by atoms with Crippen molar-refractivity contribution in [3.05, 3.63) is 0 Å². The maximum absolute atomic E-state index is 9.28. The molecule has 0 aromatic carbocycles. The lowest BCUT2D eigenvalue weighted by Crippen LogP contribution is -2.49. The van der Waals surface area contributed by atoms with Gasteiger partial charge < -0.3 is 25.7 Å². The fourth-order valence-corrected chi connectivity index (χ4v) is 0.932. The molecule has 12 heavy (non-hydrogen) atoms. The van der Waals surface area contributed by atoms with Crippen molar-refractivity contribution >= 4 is 0 Å². The number of hydrogen-bond donors (Lipinski definition) is 5. The van der Waals surface area contributed by atoms with Gasteiger partial charge in [0.1, 0.15) is 6.10 Å². The first-order chi connectivity index (χ1) is 5.67. The molecule has 0 aliphatic carbocycles. The maximum atomic E-state index is 9.28. The van der Waals surface area contributed by atoms with Crippen molar-refractivity contribution in [2.45, 2.75) is 25.2 Å². The number of nitrogens with one attached hydrogen (secondary N) is 1. The summed E-state index contributed by atoms with van der Waals surface area (Å²) in [5, 5.41) is 38.3. The summed E-state index contributed by atoms with van der Waals surface area (Å²) in [7, 11) is 0. The number of aliphatic hydroxyl groups is 4. The molecular formula is C7H17NO4. The minimum atomic E-state index is -1.21. The summed E-state index contributed by atoms with van der Waals surface area (Å²) in [6.45, 7) is 1.62. The fourth-order valence-electron chi connectivity index (χ4n) is 0.932. The molecule has 74 valence electrons. The zero-order valence-corrected chi connectivity index (χ0v) is 7.14. The third-order valence-electron chi connectivity index (χ3n) is 1.66. The molecule has 5 N–H and O–H groups in total. The van der Waals surface area contributed by atoms with Crippen molar-refractivity contribution in [2.75, 3.05) is 19.8 Å². The van der Waals surface area contributed by atoms with E-state index >= 15 is 0 Å². The molecule has 0 amide bonds. The summed E-state index contributed by atoms with van der Waals surface area (Å²) < 4.78 is 0. The van der Waals surface area contributed by atoms with E-state index < -0.39 is 24.9 Å². The number of likely N-dealkylation sites (N-methyl/N-ethyl adjacent to an activating group) is 1. The normalized spacial score (nSPS) is 18.8. The highest BCUT2D eigenvalue weighted by Gasteiger charge is 2.24. The molecule has 0 bridgehead atoms. The Morgan fingerprint density at radius 2 is 1.75 bits per heavy atom. The highest BCUT2D eigenvalue weighted by molar-refractivity contribution is 4.79. The van der Waals surface area contributed by atoms with Crippen molar-refractivity contribution in [1.82, 2.24) is 5.32 Å². The van der Waals surface area contributed by atoms with Crippen LogP contribution in [0, 0.1) is 0 Å². The first kappa shape index (κ1) is 11.8. The van der Waals surface area contributed by atoms with Gasteiger partial charge in [0.25, 0.3) is 0 Å². The molecule has 0 rings (SSSR count). The van der Waals surface area contributed by atoms with Gasteiger partial charge in [0.2, 0.25) is 0 Å². The molecule has 0 fully saturated rings. The molecule has 3 atom stereocenters. The summed E-state index contributed by atoms with van der Waals surface area (Å²) >= 11 is 0. The largest absolute Gasteiger partial charge is 0.395 e. The van der Waals surface area contributed by atoms with Gasteiger partial charge in [-0.15, -0.1) is 0 Å². The summed E-state index contributed by atoms with van der Waals surface area (Å²) in [6.07, 6.45) is -2.35. The minimum absolute atomic E-state index is 0.272. The average molecular weight is 179 g/mol. The van der Waals surface area contributed by atoms with Gasteiger partial charge in [-0.05, 0) is 6.54 Å². The van der Waals surface area contributed by atoms with Gasteiger partial charge in [-0.1, -0.05) is 6.92 Å². The van der Waals surface area contributed by atoms with E-state index in [-0.39, 0.29) is 6.61 Å². The zero-order chi connectivity index (χ0) is 9.56. The van der Waals surface area contributed by atoms with Crippen molar-refractivity contribution < 1.29 is 20.4 Å². The lowest BCUT2D eigenvalue weighted by atomic mass is 10.1. The predicted molar refractivity (Wildman–Crippen MR) is 43.6 cm³/mol. The number of aliphatic hydroxyl groups excluding tert-OH is 4. The van der Waals surface area contributed by atoms with E-state index in [9.17, 15) is 5.11 Å². The van der Waals surface area contributed by atoms with E-state index in [4.69, 9.17) is 15.3 Å². The summed E-state index contributed by atoms with van der Waals surface area (Å²) in [5.41, 5.74) is 0. The molecule has 0 heterocycles. The standard InChI is InChI=1S/C7H17NO4/c1-2-8-5(3-9)7(12)6(11)4-10/h5-12H,2-4H2,1H3/t5?,6?,7-/m1/s1. The van der Waals surface area contributed by atoms with Gasteiger partial charge in [0, 0.05) is 0 Å². The first-order valence-electron chi connectivity index (χ1n) is 3.98. The van der Waals surface area contributed by atoms with E-state index in [1.807, 2.05) is 6.92 Å². The van der Waals surface area contributed by atoms with E-state index in [1.54, 1.807) is 0 Å².